The molecule has 5 atom stereocenters. The molecule has 36 heavy (non-hydrogen) atoms. The van der Waals surface area contributed by atoms with Crippen molar-refractivity contribution in [1.82, 2.24) is 9.97 Å². The highest BCUT2D eigenvalue weighted by Crippen LogP contribution is 2.55. The molecule has 0 unspecified atom stereocenters. The molecule has 3 N–H and O–H groups in total. The lowest BCUT2D eigenvalue weighted by Crippen LogP contribution is -2.47. The Morgan fingerprint density at radius 1 is 1.25 bits per heavy atom. The molecule has 0 saturated carbocycles. The average molecular weight is 519 g/mol. The van der Waals surface area contributed by atoms with Crippen molar-refractivity contribution in [3.8, 4) is 5.75 Å². The van der Waals surface area contributed by atoms with Crippen LogP contribution in [-0.2, 0) is 9.53 Å². The smallest absolute Gasteiger partial charge is 0.417 e. The number of aliphatic hydroxyl groups excluding tert-OH is 2. The molecule has 3 rings (SSSR count). The summed E-state index contributed by atoms with van der Waals surface area (Å²) in [5, 5.41) is 20.9. The van der Waals surface area contributed by atoms with E-state index in [2.05, 4.69) is 15.3 Å². The Morgan fingerprint density at radius 3 is 2.39 bits per heavy atom. The standard InChI is InChI=1S/C23H26F5N3O5/c1-10(2)35-18-13(5-6-14(24)17(18)25)16-11(3)22(4,23(26,27)28)36-19(16)21(34)31-12-7-29-20(30-8-12)15(33)9-32/h5-8,10-11,15-16,19,32-33H,9H2,1-4H3,(H,31,34)/t11-,15+,16-,19+,22+/m0/s1. The predicted octanol–water partition coefficient (Wildman–Crippen LogP) is 3.65. The van der Waals surface area contributed by atoms with Gasteiger partial charge in [0.2, 0.25) is 5.82 Å². The second kappa shape index (κ2) is 10.2. The van der Waals surface area contributed by atoms with Crippen molar-refractivity contribution in [2.75, 3.05) is 11.9 Å². The summed E-state index contributed by atoms with van der Waals surface area (Å²) in [5.74, 6) is -7.19. The van der Waals surface area contributed by atoms with Gasteiger partial charge in [-0.2, -0.15) is 17.6 Å². The van der Waals surface area contributed by atoms with Gasteiger partial charge in [-0.3, -0.25) is 4.79 Å². The molecule has 13 heteroatoms. The zero-order valence-electron chi connectivity index (χ0n) is 19.8. The number of carbonyl (C=O) groups excluding carboxylic acids is 1. The Hall–Kier alpha value is -2.90. The van der Waals surface area contributed by atoms with E-state index >= 15 is 0 Å². The van der Waals surface area contributed by atoms with E-state index in [1.54, 1.807) is 0 Å². The van der Waals surface area contributed by atoms with E-state index < -0.39 is 71.8 Å². The van der Waals surface area contributed by atoms with Crippen LogP contribution in [-0.4, -0.2) is 56.7 Å². The first-order chi connectivity index (χ1) is 16.7. The van der Waals surface area contributed by atoms with Crippen molar-refractivity contribution in [2.24, 2.45) is 5.92 Å². The van der Waals surface area contributed by atoms with Crippen LogP contribution < -0.4 is 10.1 Å². The number of nitrogens with one attached hydrogen (secondary N) is 1. The molecule has 8 nitrogen and oxygen atoms in total. The molecule has 2 aromatic rings. The van der Waals surface area contributed by atoms with Crippen LogP contribution in [0.3, 0.4) is 0 Å². The highest BCUT2D eigenvalue weighted by atomic mass is 19.4. The van der Waals surface area contributed by atoms with Gasteiger partial charge in [0.1, 0.15) is 12.2 Å². The predicted molar refractivity (Wildman–Crippen MR) is 116 cm³/mol. The van der Waals surface area contributed by atoms with Crippen molar-refractivity contribution in [3.05, 3.63) is 47.5 Å². The number of rotatable bonds is 7. The maximum Gasteiger partial charge on any atom is 0.417 e. The van der Waals surface area contributed by atoms with E-state index in [1.807, 2.05) is 0 Å². The molecule has 1 saturated heterocycles. The molecule has 0 bridgehead atoms. The Bertz CT molecular complexity index is 1100. The fraction of sp³-hybridized carbons (Fsp3) is 0.522. The number of hydrogen-bond acceptors (Lipinski definition) is 7. The van der Waals surface area contributed by atoms with Gasteiger partial charge >= 0.3 is 6.18 Å². The zero-order chi connectivity index (χ0) is 27.0. The summed E-state index contributed by atoms with van der Waals surface area (Å²) < 4.78 is 81.7. The van der Waals surface area contributed by atoms with E-state index in [0.29, 0.717) is 0 Å². The molecule has 0 radical (unpaired) electrons. The number of benzene rings is 1. The summed E-state index contributed by atoms with van der Waals surface area (Å²) in [6.45, 7) is 4.41. The number of amides is 1. The molecule has 1 aliphatic heterocycles. The van der Waals surface area contributed by atoms with Gasteiger partial charge in [0.05, 0.1) is 30.8 Å². The Balaban J connectivity index is 2.04. The molecule has 2 heterocycles. The minimum Gasteiger partial charge on any atom is -0.488 e. The lowest BCUT2D eigenvalue weighted by Gasteiger charge is -2.32. The monoisotopic (exact) mass is 519 g/mol. The number of hydrogen-bond donors (Lipinski definition) is 3. The number of ether oxygens (including phenoxy) is 2. The Kier molecular flexibility index (Phi) is 7.86. The minimum atomic E-state index is -4.90. The van der Waals surface area contributed by atoms with Gasteiger partial charge in [0.15, 0.2) is 23.0 Å². The number of aliphatic hydroxyl groups is 2. The van der Waals surface area contributed by atoms with Crippen LogP contribution in [0, 0.1) is 17.6 Å². The highest BCUT2D eigenvalue weighted by Gasteiger charge is 2.66. The van der Waals surface area contributed by atoms with Gasteiger partial charge < -0.3 is 25.0 Å². The van der Waals surface area contributed by atoms with Gasteiger partial charge in [-0.25, -0.2) is 14.4 Å². The van der Waals surface area contributed by atoms with Crippen molar-refractivity contribution in [1.29, 1.82) is 0 Å². The van der Waals surface area contributed by atoms with Crippen molar-refractivity contribution in [2.45, 2.75) is 63.7 Å². The Labute approximate surface area is 203 Å². The number of halogens is 5. The van der Waals surface area contributed by atoms with Crippen LogP contribution in [0.5, 0.6) is 5.75 Å². The van der Waals surface area contributed by atoms with E-state index in [1.165, 1.54) is 20.8 Å². The fourth-order valence-electron chi connectivity index (χ4n) is 4.06. The first-order valence-electron chi connectivity index (χ1n) is 11.0. The maximum absolute atomic E-state index is 14.7. The second-order valence-corrected chi connectivity index (χ2v) is 8.92. The third-order valence-corrected chi connectivity index (χ3v) is 6.13. The number of nitrogens with zero attached hydrogens (tertiary/aromatic N) is 2. The minimum absolute atomic E-state index is 0.0338. The molecule has 0 spiro atoms. The zero-order valence-corrected chi connectivity index (χ0v) is 19.8. The summed E-state index contributed by atoms with van der Waals surface area (Å²) in [7, 11) is 0. The van der Waals surface area contributed by atoms with Gasteiger partial charge in [0.25, 0.3) is 5.91 Å². The number of anilines is 1. The fourth-order valence-corrected chi connectivity index (χ4v) is 4.06. The first-order valence-corrected chi connectivity index (χ1v) is 11.0. The normalized spacial score (nSPS) is 25.2. The van der Waals surface area contributed by atoms with E-state index in [4.69, 9.17) is 14.6 Å². The van der Waals surface area contributed by atoms with Crippen LogP contribution >= 0.6 is 0 Å². The molecule has 1 amide bonds. The quantitative estimate of drug-likeness (QED) is 0.479. The van der Waals surface area contributed by atoms with E-state index in [-0.39, 0.29) is 17.1 Å². The van der Waals surface area contributed by atoms with Crippen LogP contribution in [0.1, 0.15) is 51.1 Å². The van der Waals surface area contributed by atoms with Crippen LogP contribution in [0.15, 0.2) is 24.5 Å². The largest absolute Gasteiger partial charge is 0.488 e. The van der Waals surface area contributed by atoms with Gasteiger partial charge in [-0.05, 0) is 26.8 Å². The van der Waals surface area contributed by atoms with Crippen LogP contribution in [0.2, 0.25) is 0 Å². The molecule has 1 fully saturated rings. The molecular weight excluding hydrogens is 493 g/mol. The summed E-state index contributed by atoms with van der Waals surface area (Å²) in [5.41, 5.74) is -2.99. The van der Waals surface area contributed by atoms with Crippen molar-refractivity contribution >= 4 is 11.6 Å². The average Bonchev–Trinajstić information content (AvgIpc) is 3.09. The van der Waals surface area contributed by atoms with Crippen LogP contribution in [0.25, 0.3) is 0 Å². The molecule has 1 aromatic heterocycles. The van der Waals surface area contributed by atoms with Gasteiger partial charge in [0, 0.05) is 17.4 Å². The molecule has 1 aliphatic rings. The molecular formula is C23H26F5N3O5. The van der Waals surface area contributed by atoms with Gasteiger partial charge in [-0.15, -0.1) is 0 Å². The third kappa shape index (κ3) is 5.13. The number of aromatic nitrogens is 2. The first kappa shape index (κ1) is 27.7. The lowest BCUT2D eigenvalue weighted by atomic mass is 9.77. The molecule has 0 aliphatic carbocycles. The number of alkyl halides is 3. The van der Waals surface area contributed by atoms with Crippen molar-refractivity contribution < 1.29 is 46.4 Å². The number of carbonyl (C=O) groups is 1. The second-order valence-electron chi connectivity index (χ2n) is 8.92. The summed E-state index contributed by atoms with van der Waals surface area (Å²) in [4.78, 5) is 20.7. The van der Waals surface area contributed by atoms with Crippen LogP contribution in [0.4, 0.5) is 27.6 Å². The molecule has 1 aromatic carbocycles. The Morgan fingerprint density at radius 2 is 1.86 bits per heavy atom. The SMILES string of the molecule is CC(C)Oc1c([C@H]2[C@H](C(=O)Nc3cnc([C@H](O)CO)nc3)O[C@@](C)(C(F)(F)F)[C@H]2C)ccc(F)c1F. The topological polar surface area (TPSA) is 114 Å². The highest BCUT2D eigenvalue weighted by molar-refractivity contribution is 5.95. The summed E-state index contributed by atoms with van der Waals surface area (Å²) in [6, 6.07) is 1.83. The van der Waals surface area contributed by atoms with Gasteiger partial charge in [-0.1, -0.05) is 13.0 Å². The molecule has 198 valence electrons. The maximum atomic E-state index is 14.7. The van der Waals surface area contributed by atoms with Crippen molar-refractivity contribution in [3.63, 3.8) is 0 Å². The summed E-state index contributed by atoms with van der Waals surface area (Å²) >= 11 is 0. The lowest BCUT2D eigenvalue weighted by molar-refractivity contribution is -0.272. The summed E-state index contributed by atoms with van der Waals surface area (Å²) in [6.07, 6.45) is -6.53. The third-order valence-electron chi connectivity index (χ3n) is 6.13. The van der Waals surface area contributed by atoms with E-state index in [9.17, 15) is 31.9 Å². The van der Waals surface area contributed by atoms with E-state index in [0.717, 1.165) is 31.5 Å².